The van der Waals surface area contributed by atoms with Crippen LogP contribution in [0, 0.1) is 0 Å². The van der Waals surface area contributed by atoms with Gasteiger partial charge in [0.05, 0.1) is 35.6 Å². The molecule has 1 aromatic heterocycles. The van der Waals surface area contributed by atoms with Gasteiger partial charge in [-0.2, -0.15) is 0 Å². The number of aromatic nitrogens is 2. The standard InChI is InChI=1S/C28H32N6O5S/c1-18-16-39-14-13-34(18)26-15-24(17-40(37,38)25-11-9-21(10-12-25)29-19(2)35)30-27(33-26)20-3-5-22(6-4-20)31-28(36)32-23-7-8-23/h3-6,9-12,15,18,23H,7-8,13-14,16-17H2,1-2H3,(H,29,35)(H2,31,32,36)/t18-/m0/s1. The highest BCUT2D eigenvalue weighted by Crippen LogP contribution is 2.27. The Balaban J connectivity index is 1.42. The number of morpholine rings is 1. The van der Waals surface area contributed by atoms with Crippen LogP contribution in [0.5, 0.6) is 0 Å². The number of anilines is 3. The molecule has 5 rings (SSSR count). The number of rotatable bonds is 8. The number of benzene rings is 2. The third-order valence-electron chi connectivity index (χ3n) is 6.61. The summed E-state index contributed by atoms with van der Waals surface area (Å²) >= 11 is 0. The first kappa shape index (κ1) is 27.5. The van der Waals surface area contributed by atoms with Gasteiger partial charge in [-0.15, -0.1) is 0 Å². The van der Waals surface area contributed by atoms with Crippen LogP contribution in [0.3, 0.4) is 0 Å². The van der Waals surface area contributed by atoms with E-state index in [4.69, 9.17) is 9.72 Å². The molecule has 11 nitrogen and oxygen atoms in total. The van der Waals surface area contributed by atoms with Crippen molar-refractivity contribution in [2.24, 2.45) is 0 Å². The fourth-order valence-electron chi connectivity index (χ4n) is 4.41. The molecule has 0 spiro atoms. The zero-order chi connectivity index (χ0) is 28.3. The first-order valence-electron chi connectivity index (χ1n) is 13.2. The van der Waals surface area contributed by atoms with Gasteiger partial charge in [-0.1, -0.05) is 0 Å². The third-order valence-corrected chi connectivity index (χ3v) is 8.28. The van der Waals surface area contributed by atoms with Crippen LogP contribution in [0.2, 0.25) is 0 Å². The molecule has 3 amide bonds. The quantitative estimate of drug-likeness (QED) is 0.377. The molecule has 0 unspecified atom stereocenters. The van der Waals surface area contributed by atoms with Crippen molar-refractivity contribution in [1.29, 1.82) is 0 Å². The highest BCUT2D eigenvalue weighted by Gasteiger charge is 2.25. The Hall–Kier alpha value is -4.03. The van der Waals surface area contributed by atoms with E-state index in [1.807, 2.05) is 6.92 Å². The molecule has 3 aromatic rings. The summed E-state index contributed by atoms with van der Waals surface area (Å²) in [5.41, 5.74) is 2.19. The van der Waals surface area contributed by atoms with E-state index in [9.17, 15) is 18.0 Å². The van der Waals surface area contributed by atoms with E-state index in [1.165, 1.54) is 19.1 Å². The Morgan fingerprint density at radius 2 is 1.68 bits per heavy atom. The number of ether oxygens (including phenoxy) is 1. The topological polar surface area (TPSA) is 143 Å². The summed E-state index contributed by atoms with van der Waals surface area (Å²) in [6, 6.07) is 15.0. The molecule has 1 saturated carbocycles. The monoisotopic (exact) mass is 564 g/mol. The summed E-state index contributed by atoms with van der Waals surface area (Å²) in [5, 5.41) is 8.34. The van der Waals surface area contributed by atoms with Crippen LogP contribution >= 0.6 is 0 Å². The summed E-state index contributed by atoms with van der Waals surface area (Å²) < 4.78 is 32.2. The van der Waals surface area contributed by atoms with Crippen LogP contribution < -0.4 is 20.9 Å². The second-order valence-corrected chi connectivity index (χ2v) is 12.1. The van der Waals surface area contributed by atoms with Crippen molar-refractivity contribution in [2.75, 3.05) is 35.3 Å². The number of nitrogens with zero attached hydrogens (tertiary/aromatic N) is 3. The first-order chi connectivity index (χ1) is 19.2. The molecular weight excluding hydrogens is 532 g/mol. The maximum Gasteiger partial charge on any atom is 0.319 e. The lowest BCUT2D eigenvalue weighted by atomic mass is 10.2. The van der Waals surface area contributed by atoms with Gasteiger partial charge >= 0.3 is 6.03 Å². The molecule has 210 valence electrons. The van der Waals surface area contributed by atoms with Crippen molar-refractivity contribution in [2.45, 2.75) is 49.4 Å². The average molecular weight is 565 g/mol. The predicted octanol–water partition coefficient (Wildman–Crippen LogP) is 3.58. The first-order valence-corrected chi connectivity index (χ1v) is 14.8. The molecule has 12 heteroatoms. The lowest BCUT2D eigenvalue weighted by Crippen LogP contribution is -2.44. The van der Waals surface area contributed by atoms with Crippen LogP contribution in [0.4, 0.5) is 22.0 Å². The SMILES string of the molecule is CC(=O)Nc1ccc(S(=O)(=O)Cc2cc(N3CCOC[C@@H]3C)nc(-c3ccc(NC(=O)NC4CC4)cc3)n2)cc1. The maximum atomic E-state index is 13.3. The van der Waals surface area contributed by atoms with Crippen LogP contribution in [-0.2, 0) is 25.1 Å². The van der Waals surface area contributed by atoms with Crippen LogP contribution in [-0.4, -0.2) is 62.2 Å². The minimum atomic E-state index is -3.74. The number of urea groups is 1. The van der Waals surface area contributed by atoms with Gasteiger partial charge in [0.15, 0.2) is 15.7 Å². The lowest BCUT2D eigenvalue weighted by molar-refractivity contribution is -0.114. The number of hydrogen-bond acceptors (Lipinski definition) is 8. The average Bonchev–Trinajstić information content (AvgIpc) is 3.73. The molecule has 1 aliphatic heterocycles. The fraction of sp³-hybridized carbons (Fsp3) is 0.357. The number of carbonyl (C=O) groups excluding carboxylic acids is 2. The van der Waals surface area contributed by atoms with E-state index in [0.29, 0.717) is 54.0 Å². The smallest absolute Gasteiger partial charge is 0.319 e. The van der Waals surface area contributed by atoms with Gasteiger partial charge in [0.1, 0.15) is 5.82 Å². The lowest BCUT2D eigenvalue weighted by Gasteiger charge is -2.34. The number of sulfone groups is 1. The number of amides is 3. The predicted molar refractivity (Wildman–Crippen MR) is 152 cm³/mol. The third kappa shape index (κ3) is 6.93. The number of nitrogens with one attached hydrogen (secondary N) is 3. The molecule has 0 radical (unpaired) electrons. The zero-order valence-electron chi connectivity index (χ0n) is 22.4. The minimum Gasteiger partial charge on any atom is -0.377 e. The highest BCUT2D eigenvalue weighted by atomic mass is 32.2. The van der Waals surface area contributed by atoms with Gasteiger partial charge in [0, 0.05) is 42.5 Å². The second kappa shape index (κ2) is 11.6. The molecule has 2 heterocycles. The number of hydrogen-bond donors (Lipinski definition) is 3. The largest absolute Gasteiger partial charge is 0.377 e. The van der Waals surface area contributed by atoms with E-state index >= 15 is 0 Å². The Morgan fingerprint density at radius 3 is 2.33 bits per heavy atom. The summed E-state index contributed by atoms with van der Waals surface area (Å²) in [6.45, 7) is 5.12. The molecular formula is C28H32N6O5S. The summed E-state index contributed by atoms with van der Waals surface area (Å²) in [6.07, 6.45) is 2.00. The molecule has 2 fully saturated rings. The summed E-state index contributed by atoms with van der Waals surface area (Å²) in [5.74, 6) is 0.447. The molecule has 2 aliphatic rings. The summed E-state index contributed by atoms with van der Waals surface area (Å²) in [7, 11) is -3.74. The van der Waals surface area contributed by atoms with Gasteiger partial charge < -0.3 is 25.6 Å². The van der Waals surface area contributed by atoms with Gasteiger partial charge in [-0.05, 0) is 68.3 Å². The highest BCUT2D eigenvalue weighted by molar-refractivity contribution is 7.90. The molecule has 1 atom stereocenters. The number of carbonyl (C=O) groups is 2. The molecule has 2 aromatic carbocycles. The fourth-order valence-corrected chi connectivity index (χ4v) is 5.67. The van der Waals surface area contributed by atoms with Crippen molar-refractivity contribution < 1.29 is 22.7 Å². The Labute approximate surface area is 233 Å². The molecule has 3 N–H and O–H groups in total. The van der Waals surface area contributed by atoms with Crippen molar-refractivity contribution in [3.63, 3.8) is 0 Å². The van der Waals surface area contributed by atoms with Gasteiger partial charge in [0.2, 0.25) is 5.91 Å². The van der Waals surface area contributed by atoms with E-state index in [-0.39, 0.29) is 34.7 Å². The molecule has 1 saturated heterocycles. The normalized spacial score (nSPS) is 17.2. The van der Waals surface area contributed by atoms with E-state index in [1.54, 1.807) is 42.5 Å². The van der Waals surface area contributed by atoms with E-state index in [2.05, 4.69) is 25.8 Å². The van der Waals surface area contributed by atoms with Crippen LogP contribution in [0.15, 0.2) is 59.5 Å². The summed E-state index contributed by atoms with van der Waals surface area (Å²) in [4.78, 5) is 35.0. The van der Waals surface area contributed by atoms with Crippen molar-refractivity contribution in [3.05, 3.63) is 60.3 Å². The second-order valence-electron chi connectivity index (χ2n) is 10.1. The van der Waals surface area contributed by atoms with Gasteiger partial charge in [-0.25, -0.2) is 23.2 Å². The molecule has 1 aliphatic carbocycles. The van der Waals surface area contributed by atoms with Gasteiger partial charge in [-0.3, -0.25) is 4.79 Å². The van der Waals surface area contributed by atoms with Crippen LogP contribution in [0.1, 0.15) is 32.4 Å². The Morgan fingerprint density at radius 1 is 1.00 bits per heavy atom. The van der Waals surface area contributed by atoms with E-state index < -0.39 is 9.84 Å². The molecule has 40 heavy (non-hydrogen) atoms. The van der Waals surface area contributed by atoms with E-state index in [0.717, 1.165) is 12.8 Å². The zero-order valence-corrected chi connectivity index (χ0v) is 23.2. The maximum absolute atomic E-state index is 13.3. The van der Waals surface area contributed by atoms with Crippen molar-refractivity contribution in [1.82, 2.24) is 15.3 Å². The minimum absolute atomic E-state index is 0.0545. The van der Waals surface area contributed by atoms with Gasteiger partial charge in [0.25, 0.3) is 0 Å². The molecule has 0 bridgehead atoms. The van der Waals surface area contributed by atoms with Crippen molar-refractivity contribution >= 4 is 39.0 Å². The Bertz CT molecular complexity index is 1490. The van der Waals surface area contributed by atoms with Crippen molar-refractivity contribution in [3.8, 4) is 11.4 Å². The van der Waals surface area contributed by atoms with Crippen LogP contribution in [0.25, 0.3) is 11.4 Å². The Kier molecular flexibility index (Phi) is 7.99.